The first-order chi connectivity index (χ1) is 24.5. The summed E-state index contributed by atoms with van der Waals surface area (Å²) in [7, 11) is 3.22. The van der Waals surface area contributed by atoms with E-state index in [4.69, 9.17) is 9.47 Å². The SMILES string of the molecule is COc1ccc(C(=O)c2ccc(-c3ccccc3-c3ccc(-c4ccccc4-c4ccc(C(=O)c5ccc(OC)cc5)cc4)cc3)cc2)cc1. The maximum Gasteiger partial charge on any atom is 0.193 e. The summed E-state index contributed by atoms with van der Waals surface area (Å²) in [5.74, 6) is 1.38. The standard InChI is InChI=1S/C46H34O4/c1-49-39-27-23-37(24-28-39)45(47)35-19-15-33(16-20-35)43-9-5-3-7-41(43)31-11-13-32(14-12-31)42-8-4-6-10-44(42)34-17-21-36(22-18-34)46(48)38-25-29-40(50-2)30-26-38/h3-30H,1-2H3. The van der Waals surface area contributed by atoms with E-state index in [0.29, 0.717) is 22.3 Å². The van der Waals surface area contributed by atoms with Gasteiger partial charge in [-0.05, 0) is 93.0 Å². The molecule has 7 aromatic carbocycles. The molecule has 0 fully saturated rings. The zero-order valence-electron chi connectivity index (χ0n) is 27.8. The van der Waals surface area contributed by atoms with E-state index in [9.17, 15) is 9.59 Å². The maximum absolute atomic E-state index is 13.1. The summed E-state index contributed by atoms with van der Waals surface area (Å²) in [5.41, 5.74) is 11.2. The molecule has 242 valence electrons. The summed E-state index contributed by atoms with van der Waals surface area (Å²) in [4.78, 5) is 26.2. The first-order valence-electron chi connectivity index (χ1n) is 16.4. The van der Waals surface area contributed by atoms with Crippen LogP contribution in [0.5, 0.6) is 11.5 Å². The molecule has 0 aliphatic rings. The van der Waals surface area contributed by atoms with Gasteiger partial charge in [-0.1, -0.05) is 121 Å². The van der Waals surface area contributed by atoms with Crippen molar-refractivity contribution in [2.75, 3.05) is 14.2 Å². The number of hydrogen-bond acceptors (Lipinski definition) is 4. The zero-order valence-corrected chi connectivity index (χ0v) is 27.8. The lowest BCUT2D eigenvalue weighted by molar-refractivity contribution is 0.103. The molecule has 0 heterocycles. The summed E-state index contributed by atoms with van der Waals surface area (Å²) < 4.78 is 10.4. The molecular weight excluding hydrogens is 617 g/mol. The Labute approximate surface area is 292 Å². The Morgan fingerprint density at radius 1 is 0.320 bits per heavy atom. The highest BCUT2D eigenvalue weighted by Gasteiger charge is 2.14. The number of rotatable bonds is 10. The van der Waals surface area contributed by atoms with Crippen LogP contribution in [0.15, 0.2) is 170 Å². The Balaban J connectivity index is 1.12. The summed E-state index contributed by atoms with van der Waals surface area (Å²) in [6.45, 7) is 0. The van der Waals surface area contributed by atoms with Gasteiger partial charge in [0.25, 0.3) is 0 Å². The predicted molar refractivity (Wildman–Crippen MR) is 201 cm³/mol. The molecule has 0 saturated carbocycles. The zero-order chi connectivity index (χ0) is 34.5. The van der Waals surface area contributed by atoms with E-state index >= 15 is 0 Å². The van der Waals surface area contributed by atoms with Crippen molar-refractivity contribution in [3.05, 3.63) is 192 Å². The fourth-order valence-corrected chi connectivity index (χ4v) is 6.22. The second-order valence-electron chi connectivity index (χ2n) is 11.9. The number of carbonyl (C=O) groups is 2. The minimum Gasteiger partial charge on any atom is -0.497 e. The molecule has 4 heteroatoms. The summed E-state index contributed by atoms with van der Waals surface area (Å²) in [6, 6.07) is 55.2. The van der Waals surface area contributed by atoms with Gasteiger partial charge in [-0.25, -0.2) is 0 Å². The fraction of sp³-hybridized carbons (Fsp3) is 0.0435. The summed E-state index contributed by atoms with van der Waals surface area (Å²) in [5, 5.41) is 0. The molecule has 0 N–H and O–H groups in total. The van der Waals surface area contributed by atoms with Gasteiger partial charge in [-0.3, -0.25) is 9.59 Å². The number of carbonyl (C=O) groups excluding carboxylic acids is 2. The molecule has 7 rings (SSSR count). The van der Waals surface area contributed by atoms with Crippen molar-refractivity contribution < 1.29 is 19.1 Å². The van der Waals surface area contributed by atoms with Gasteiger partial charge in [0.1, 0.15) is 11.5 Å². The van der Waals surface area contributed by atoms with Gasteiger partial charge in [-0.2, -0.15) is 0 Å². The van der Waals surface area contributed by atoms with E-state index in [-0.39, 0.29) is 11.6 Å². The average molecular weight is 651 g/mol. The quantitative estimate of drug-likeness (QED) is 0.138. The van der Waals surface area contributed by atoms with Crippen molar-refractivity contribution in [1.29, 1.82) is 0 Å². The van der Waals surface area contributed by atoms with Crippen LogP contribution in [-0.4, -0.2) is 25.8 Å². The average Bonchev–Trinajstić information content (AvgIpc) is 3.20. The van der Waals surface area contributed by atoms with Gasteiger partial charge in [0.15, 0.2) is 11.6 Å². The van der Waals surface area contributed by atoms with Gasteiger partial charge in [0, 0.05) is 22.3 Å². The minimum absolute atomic E-state index is 0.0265. The van der Waals surface area contributed by atoms with Gasteiger partial charge in [0.05, 0.1) is 14.2 Å². The molecule has 4 nitrogen and oxygen atoms in total. The Bertz CT molecular complexity index is 2100. The first kappa shape index (κ1) is 32.0. The minimum atomic E-state index is -0.0265. The van der Waals surface area contributed by atoms with Crippen LogP contribution in [0.2, 0.25) is 0 Å². The molecule has 50 heavy (non-hydrogen) atoms. The molecule has 0 unspecified atom stereocenters. The number of benzene rings is 7. The molecular formula is C46H34O4. The van der Waals surface area contributed by atoms with Crippen LogP contribution in [-0.2, 0) is 0 Å². The third-order valence-electron chi connectivity index (χ3n) is 8.98. The highest BCUT2D eigenvalue weighted by Crippen LogP contribution is 2.36. The summed E-state index contributed by atoms with van der Waals surface area (Å²) in [6.07, 6.45) is 0. The molecule has 0 saturated heterocycles. The van der Waals surface area contributed by atoms with Crippen molar-refractivity contribution in [2.24, 2.45) is 0 Å². The maximum atomic E-state index is 13.1. The van der Waals surface area contributed by atoms with Crippen molar-refractivity contribution >= 4 is 11.6 Å². The highest BCUT2D eigenvalue weighted by molar-refractivity contribution is 6.10. The van der Waals surface area contributed by atoms with E-state index in [0.717, 1.165) is 56.0 Å². The second-order valence-corrected chi connectivity index (χ2v) is 11.9. The van der Waals surface area contributed by atoms with E-state index in [1.165, 1.54) is 0 Å². The van der Waals surface area contributed by atoms with E-state index < -0.39 is 0 Å². The molecule has 0 aromatic heterocycles. The largest absolute Gasteiger partial charge is 0.497 e. The van der Waals surface area contributed by atoms with Gasteiger partial charge >= 0.3 is 0 Å². The molecule has 0 spiro atoms. The third kappa shape index (κ3) is 6.60. The monoisotopic (exact) mass is 650 g/mol. The fourth-order valence-electron chi connectivity index (χ4n) is 6.22. The van der Waals surface area contributed by atoms with Gasteiger partial charge in [-0.15, -0.1) is 0 Å². The number of methoxy groups -OCH3 is 2. The van der Waals surface area contributed by atoms with Crippen molar-refractivity contribution in [3.8, 4) is 56.0 Å². The van der Waals surface area contributed by atoms with E-state index in [2.05, 4.69) is 48.5 Å². The van der Waals surface area contributed by atoms with Crippen LogP contribution in [0.25, 0.3) is 44.5 Å². The van der Waals surface area contributed by atoms with Crippen molar-refractivity contribution in [2.45, 2.75) is 0 Å². The number of hydrogen-bond donors (Lipinski definition) is 0. The van der Waals surface area contributed by atoms with E-state index in [1.54, 1.807) is 62.8 Å². The normalized spacial score (nSPS) is 10.8. The van der Waals surface area contributed by atoms with Crippen LogP contribution in [0.3, 0.4) is 0 Å². The van der Waals surface area contributed by atoms with Crippen LogP contribution in [0, 0.1) is 0 Å². The lowest BCUT2D eigenvalue weighted by atomic mass is 9.90. The molecule has 7 aromatic rings. The Hall–Kier alpha value is -6.52. The Morgan fingerprint density at radius 3 is 0.780 bits per heavy atom. The number of ketones is 2. The number of ether oxygens (including phenoxy) is 2. The smallest absolute Gasteiger partial charge is 0.193 e. The molecule has 0 atom stereocenters. The molecule has 0 radical (unpaired) electrons. The third-order valence-corrected chi connectivity index (χ3v) is 8.98. The Morgan fingerprint density at radius 2 is 0.540 bits per heavy atom. The van der Waals surface area contributed by atoms with Crippen molar-refractivity contribution in [3.63, 3.8) is 0 Å². The molecule has 0 amide bonds. The summed E-state index contributed by atoms with van der Waals surface area (Å²) >= 11 is 0. The van der Waals surface area contributed by atoms with Crippen LogP contribution < -0.4 is 9.47 Å². The topological polar surface area (TPSA) is 52.6 Å². The highest BCUT2D eigenvalue weighted by atomic mass is 16.5. The van der Waals surface area contributed by atoms with Crippen LogP contribution in [0.4, 0.5) is 0 Å². The molecule has 0 aliphatic heterocycles. The molecule has 0 aliphatic carbocycles. The van der Waals surface area contributed by atoms with Gasteiger partial charge < -0.3 is 9.47 Å². The van der Waals surface area contributed by atoms with Gasteiger partial charge in [0.2, 0.25) is 0 Å². The Kier molecular flexibility index (Phi) is 9.17. The lowest BCUT2D eigenvalue weighted by Gasteiger charge is -2.14. The first-order valence-corrected chi connectivity index (χ1v) is 16.4. The lowest BCUT2D eigenvalue weighted by Crippen LogP contribution is -2.01. The predicted octanol–water partition coefficient (Wildman–Crippen LogP) is 10.8. The second kappa shape index (κ2) is 14.3. The van der Waals surface area contributed by atoms with Crippen molar-refractivity contribution in [1.82, 2.24) is 0 Å². The van der Waals surface area contributed by atoms with Crippen LogP contribution >= 0.6 is 0 Å². The van der Waals surface area contributed by atoms with Crippen LogP contribution in [0.1, 0.15) is 31.8 Å². The molecule has 0 bridgehead atoms. The van der Waals surface area contributed by atoms with E-state index in [1.807, 2.05) is 72.8 Å².